The van der Waals surface area contributed by atoms with E-state index in [0.29, 0.717) is 24.3 Å². The summed E-state index contributed by atoms with van der Waals surface area (Å²) in [4.78, 5) is 42.2. The standard InChI is InChI=1S/C25H29F2N5O4/c1-36-19-9-7-18(8-10-19)30-25(35)32-13-12-31(24(34)15-2-11-20(26)21(27)14-15)23(32)22(33)29-17-5-3-16(28)4-6-17/h2,7-11,14,16-17,23H,3-6,12-13,28H2,1H3,(H,29,33)(H,30,35). The number of anilines is 1. The van der Waals surface area contributed by atoms with Gasteiger partial charge in [0.15, 0.2) is 17.8 Å². The van der Waals surface area contributed by atoms with Gasteiger partial charge in [0.25, 0.3) is 11.8 Å². The molecule has 11 heteroatoms. The number of nitrogens with two attached hydrogens (primary N) is 1. The lowest BCUT2D eigenvalue weighted by Gasteiger charge is -2.32. The fourth-order valence-corrected chi connectivity index (χ4v) is 4.54. The number of methoxy groups -OCH3 is 1. The Kier molecular flexibility index (Phi) is 7.68. The molecule has 2 aromatic rings. The van der Waals surface area contributed by atoms with E-state index in [2.05, 4.69) is 10.6 Å². The highest BCUT2D eigenvalue weighted by Gasteiger charge is 2.43. The van der Waals surface area contributed by atoms with Gasteiger partial charge in [0.05, 0.1) is 7.11 Å². The van der Waals surface area contributed by atoms with Crippen molar-refractivity contribution in [3.8, 4) is 5.75 Å². The lowest BCUT2D eigenvalue weighted by molar-refractivity contribution is -0.128. The molecule has 36 heavy (non-hydrogen) atoms. The van der Waals surface area contributed by atoms with Crippen LogP contribution in [0.1, 0.15) is 36.0 Å². The average Bonchev–Trinajstić information content (AvgIpc) is 3.33. The van der Waals surface area contributed by atoms with E-state index in [9.17, 15) is 23.2 Å². The summed E-state index contributed by atoms with van der Waals surface area (Å²) in [5, 5.41) is 5.67. The van der Waals surface area contributed by atoms with E-state index in [0.717, 1.165) is 31.0 Å². The van der Waals surface area contributed by atoms with E-state index in [1.807, 2.05) is 0 Å². The molecule has 2 aliphatic rings. The van der Waals surface area contributed by atoms with Crippen molar-refractivity contribution >= 4 is 23.5 Å². The normalized spacial score (nSPS) is 21.7. The first-order valence-corrected chi connectivity index (χ1v) is 11.8. The van der Waals surface area contributed by atoms with Gasteiger partial charge in [-0.25, -0.2) is 13.6 Å². The Balaban J connectivity index is 1.55. The highest BCUT2D eigenvalue weighted by atomic mass is 19.2. The number of carbonyl (C=O) groups excluding carboxylic acids is 3. The molecule has 1 aliphatic carbocycles. The van der Waals surface area contributed by atoms with Gasteiger partial charge in [-0.05, 0) is 68.1 Å². The van der Waals surface area contributed by atoms with E-state index in [1.165, 1.54) is 16.9 Å². The maximum Gasteiger partial charge on any atom is 0.323 e. The molecule has 2 aromatic carbocycles. The van der Waals surface area contributed by atoms with Gasteiger partial charge in [-0.1, -0.05) is 0 Å². The molecule has 0 radical (unpaired) electrons. The molecular formula is C25H29F2N5O4. The summed E-state index contributed by atoms with van der Waals surface area (Å²) < 4.78 is 32.3. The van der Waals surface area contributed by atoms with Crippen molar-refractivity contribution in [3.63, 3.8) is 0 Å². The molecule has 192 valence electrons. The van der Waals surface area contributed by atoms with Crippen molar-refractivity contribution in [3.05, 3.63) is 59.7 Å². The second-order valence-corrected chi connectivity index (χ2v) is 8.97. The molecule has 9 nitrogen and oxygen atoms in total. The third-order valence-electron chi connectivity index (χ3n) is 6.55. The maximum absolute atomic E-state index is 13.8. The Labute approximate surface area is 207 Å². The van der Waals surface area contributed by atoms with Gasteiger partial charge in [-0.15, -0.1) is 0 Å². The Morgan fingerprint density at radius 1 is 0.944 bits per heavy atom. The van der Waals surface area contributed by atoms with Gasteiger partial charge in [0, 0.05) is 36.4 Å². The molecular weight excluding hydrogens is 472 g/mol. The SMILES string of the molecule is COc1ccc(NC(=O)N2CCN(C(=O)c3ccc(F)c(F)c3)C2C(=O)NC2CCC(N)CC2)cc1. The second-order valence-electron chi connectivity index (χ2n) is 8.97. The first kappa shape index (κ1) is 25.4. The van der Waals surface area contributed by atoms with Gasteiger partial charge in [-0.3, -0.25) is 14.5 Å². The zero-order chi connectivity index (χ0) is 25.8. The average molecular weight is 502 g/mol. The number of halogens is 2. The van der Waals surface area contributed by atoms with Crippen LogP contribution >= 0.6 is 0 Å². The summed E-state index contributed by atoms with van der Waals surface area (Å²) in [6.07, 6.45) is 1.63. The third kappa shape index (κ3) is 5.56. The van der Waals surface area contributed by atoms with Gasteiger partial charge in [-0.2, -0.15) is 0 Å². The molecule has 0 spiro atoms. The first-order valence-electron chi connectivity index (χ1n) is 11.8. The molecule has 1 heterocycles. The van der Waals surface area contributed by atoms with Crippen LogP contribution in [0, 0.1) is 11.6 Å². The lowest BCUT2D eigenvalue weighted by atomic mass is 9.92. The minimum absolute atomic E-state index is 0.0431. The molecule has 1 saturated carbocycles. The van der Waals surface area contributed by atoms with Crippen molar-refractivity contribution in [2.24, 2.45) is 5.73 Å². The van der Waals surface area contributed by atoms with Crippen molar-refractivity contribution in [2.75, 3.05) is 25.5 Å². The van der Waals surface area contributed by atoms with E-state index in [-0.39, 0.29) is 30.7 Å². The number of nitrogens with one attached hydrogen (secondary N) is 2. The summed E-state index contributed by atoms with van der Waals surface area (Å²) in [5.74, 6) is -2.85. The summed E-state index contributed by atoms with van der Waals surface area (Å²) >= 11 is 0. The fraction of sp³-hybridized carbons (Fsp3) is 0.400. The first-order chi connectivity index (χ1) is 17.3. The highest BCUT2D eigenvalue weighted by molar-refractivity contribution is 6.00. The van der Waals surface area contributed by atoms with Crippen LogP contribution in [-0.2, 0) is 4.79 Å². The van der Waals surface area contributed by atoms with Gasteiger partial charge in [0.1, 0.15) is 5.75 Å². The zero-order valence-corrected chi connectivity index (χ0v) is 19.9. The monoisotopic (exact) mass is 501 g/mol. The van der Waals surface area contributed by atoms with Crippen molar-refractivity contribution < 1.29 is 27.9 Å². The van der Waals surface area contributed by atoms with Crippen LogP contribution in [0.2, 0.25) is 0 Å². The molecule has 0 aromatic heterocycles. The van der Waals surface area contributed by atoms with Crippen LogP contribution in [0.4, 0.5) is 19.3 Å². The van der Waals surface area contributed by atoms with Gasteiger partial charge >= 0.3 is 6.03 Å². The minimum Gasteiger partial charge on any atom is -0.497 e. The Morgan fingerprint density at radius 2 is 1.61 bits per heavy atom. The topological polar surface area (TPSA) is 117 Å². The predicted molar refractivity (Wildman–Crippen MR) is 128 cm³/mol. The number of hydrogen-bond donors (Lipinski definition) is 3. The minimum atomic E-state index is -1.26. The highest BCUT2D eigenvalue weighted by Crippen LogP contribution is 2.24. The van der Waals surface area contributed by atoms with Crippen molar-refractivity contribution in [2.45, 2.75) is 43.9 Å². The number of carbonyl (C=O) groups is 3. The third-order valence-corrected chi connectivity index (χ3v) is 6.55. The Morgan fingerprint density at radius 3 is 2.25 bits per heavy atom. The van der Waals surface area contributed by atoms with E-state index in [4.69, 9.17) is 10.5 Å². The molecule has 4 N–H and O–H groups in total. The van der Waals surface area contributed by atoms with Crippen molar-refractivity contribution in [1.29, 1.82) is 0 Å². The van der Waals surface area contributed by atoms with Crippen molar-refractivity contribution in [1.82, 2.24) is 15.1 Å². The molecule has 4 rings (SSSR count). The smallest absolute Gasteiger partial charge is 0.323 e. The molecule has 1 unspecified atom stereocenters. The summed E-state index contributed by atoms with van der Waals surface area (Å²) in [7, 11) is 1.53. The van der Waals surface area contributed by atoms with Gasteiger partial charge in [0.2, 0.25) is 0 Å². The number of rotatable bonds is 5. The summed E-state index contributed by atoms with van der Waals surface area (Å²) in [5.41, 5.74) is 6.32. The maximum atomic E-state index is 13.8. The molecule has 0 bridgehead atoms. The molecule has 1 saturated heterocycles. The Bertz CT molecular complexity index is 1120. The molecule has 4 amide bonds. The quantitative estimate of drug-likeness (QED) is 0.583. The molecule has 1 atom stereocenters. The van der Waals surface area contributed by atoms with Crippen LogP contribution in [-0.4, -0.2) is 66.1 Å². The lowest BCUT2D eigenvalue weighted by Crippen LogP contribution is -2.56. The number of hydrogen-bond acceptors (Lipinski definition) is 5. The van der Waals surface area contributed by atoms with Gasteiger partial charge < -0.3 is 26.0 Å². The largest absolute Gasteiger partial charge is 0.497 e. The number of ether oxygens (including phenoxy) is 1. The summed E-state index contributed by atoms with van der Waals surface area (Å²) in [6, 6.07) is 8.82. The zero-order valence-electron chi connectivity index (χ0n) is 19.9. The summed E-state index contributed by atoms with van der Waals surface area (Å²) in [6.45, 7) is 0.118. The molecule has 1 aliphatic heterocycles. The number of nitrogens with zero attached hydrogens (tertiary/aromatic N) is 2. The fourth-order valence-electron chi connectivity index (χ4n) is 4.54. The van der Waals surface area contributed by atoms with Crippen LogP contribution in [0.3, 0.4) is 0 Å². The van der Waals surface area contributed by atoms with Crippen LogP contribution in [0.5, 0.6) is 5.75 Å². The van der Waals surface area contributed by atoms with Crippen LogP contribution in [0.15, 0.2) is 42.5 Å². The molecule has 2 fully saturated rings. The van der Waals surface area contributed by atoms with Crippen LogP contribution in [0.25, 0.3) is 0 Å². The van der Waals surface area contributed by atoms with E-state index < -0.39 is 35.6 Å². The Hall–Kier alpha value is -3.73. The number of amides is 4. The number of benzene rings is 2. The second kappa shape index (κ2) is 10.9. The van der Waals surface area contributed by atoms with E-state index in [1.54, 1.807) is 24.3 Å². The van der Waals surface area contributed by atoms with E-state index >= 15 is 0 Å². The number of urea groups is 1. The van der Waals surface area contributed by atoms with Crippen LogP contribution < -0.4 is 21.1 Å². The predicted octanol–water partition coefficient (Wildman–Crippen LogP) is 2.68.